The monoisotopic (exact) mass is 600 g/mol. The number of carbonyl (C=O) groups is 1. The van der Waals surface area contributed by atoms with Gasteiger partial charge in [-0.15, -0.1) is 11.8 Å². The molecule has 7 nitrogen and oxygen atoms in total. The van der Waals surface area contributed by atoms with E-state index in [0.29, 0.717) is 20.6 Å². The predicted octanol–water partition coefficient (Wildman–Crippen LogP) is 5.38. The summed E-state index contributed by atoms with van der Waals surface area (Å²) in [6.45, 7) is 9.58. The van der Waals surface area contributed by atoms with Crippen LogP contribution in [0.3, 0.4) is 0 Å². The SMILES string of the molecule is CSc1ccc(C2C(C(=O)OC(C)C)=C(C)N=c3sc(=Cc4cc(C)n(-c5ccc(N(C)C)cc5)c4C)c(=O)n32)cc1. The van der Waals surface area contributed by atoms with Gasteiger partial charge in [0.25, 0.3) is 5.56 Å². The van der Waals surface area contributed by atoms with Crippen LogP contribution >= 0.6 is 23.1 Å². The highest BCUT2D eigenvalue weighted by Gasteiger charge is 2.33. The van der Waals surface area contributed by atoms with Gasteiger partial charge in [0.2, 0.25) is 0 Å². The molecule has 0 amide bonds. The molecule has 0 bridgehead atoms. The van der Waals surface area contributed by atoms with Crippen molar-refractivity contribution in [3.05, 3.63) is 108 Å². The van der Waals surface area contributed by atoms with Crippen LogP contribution in [-0.2, 0) is 9.53 Å². The molecule has 0 radical (unpaired) electrons. The fourth-order valence-electron chi connectivity index (χ4n) is 5.33. The zero-order valence-electron chi connectivity index (χ0n) is 25.3. The van der Waals surface area contributed by atoms with E-state index in [1.165, 1.54) is 11.3 Å². The van der Waals surface area contributed by atoms with Crippen LogP contribution in [0.2, 0.25) is 0 Å². The number of benzene rings is 2. The second-order valence-electron chi connectivity index (χ2n) is 10.9. The molecule has 2 aromatic heterocycles. The second kappa shape index (κ2) is 11.8. The standard InChI is InChI=1S/C33H36N4O3S2/c1-19(2)40-32(39)29-21(4)34-33-37(30(29)23-9-15-27(41-8)16-10-23)31(38)28(42-33)18-24-17-20(3)36(22(24)5)26-13-11-25(12-14-26)35(6)7/h9-19,30H,1-8H3. The molecule has 9 heteroatoms. The molecule has 1 aliphatic heterocycles. The Morgan fingerprint density at radius 3 is 2.33 bits per heavy atom. The van der Waals surface area contributed by atoms with Crippen molar-refractivity contribution in [2.24, 2.45) is 4.99 Å². The minimum Gasteiger partial charge on any atom is -0.459 e. The summed E-state index contributed by atoms with van der Waals surface area (Å²) in [5.74, 6) is -0.455. The second-order valence-corrected chi connectivity index (χ2v) is 12.8. The molecule has 4 aromatic rings. The Morgan fingerprint density at radius 2 is 1.74 bits per heavy atom. The third kappa shape index (κ3) is 5.51. The van der Waals surface area contributed by atoms with Gasteiger partial charge >= 0.3 is 5.97 Å². The normalized spacial score (nSPS) is 15.2. The number of esters is 1. The Bertz CT molecular complexity index is 1860. The summed E-state index contributed by atoms with van der Waals surface area (Å²) in [5, 5.41) is 0. The minimum atomic E-state index is -0.631. The third-order valence-corrected chi connectivity index (χ3v) is 9.12. The van der Waals surface area contributed by atoms with E-state index >= 15 is 0 Å². The van der Waals surface area contributed by atoms with Gasteiger partial charge in [-0.05, 0) is 101 Å². The van der Waals surface area contributed by atoms with Gasteiger partial charge in [0.15, 0.2) is 4.80 Å². The van der Waals surface area contributed by atoms with Crippen molar-refractivity contribution >= 4 is 40.8 Å². The van der Waals surface area contributed by atoms with Gasteiger partial charge in [0, 0.05) is 41.8 Å². The van der Waals surface area contributed by atoms with Crippen LogP contribution in [0.5, 0.6) is 0 Å². The topological polar surface area (TPSA) is 68.8 Å². The van der Waals surface area contributed by atoms with Crippen LogP contribution in [-0.4, -0.2) is 41.6 Å². The van der Waals surface area contributed by atoms with Gasteiger partial charge < -0.3 is 14.2 Å². The average molecular weight is 601 g/mol. The molecule has 1 aliphatic rings. The number of hydrogen-bond donors (Lipinski definition) is 0. The van der Waals surface area contributed by atoms with Gasteiger partial charge in [-0.1, -0.05) is 23.5 Å². The fraction of sp³-hybridized carbons (Fsp3) is 0.303. The summed E-state index contributed by atoms with van der Waals surface area (Å²) in [5.41, 5.74) is 6.88. The minimum absolute atomic E-state index is 0.180. The smallest absolute Gasteiger partial charge is 0.338 e. The molecular formula is C33H36N4O3S2. The molecule has 0 aliphatic carbocycles. The molecular weight excluding hydrogens is 565 g/mol. The average Bonchev–Trinajstić information content (AvgIpc) is 3.41. The Morgan fingerprint density at radius 1 is 1.07 bits per heavy atom. The quantitative estimate of drug-likeness (QED) is 0.210. The first kappa shape index (κ1) is 29.7. The van der Waals surface area contributed by atoms with Crippen LogP contribution in [0.1, 0.15) is 49.3 Å². The van der Waals surface area contributed by atoms with Crippen LogP contribution in [0.4, 0.5) is 5.69 Å². The van der Waals surface area contributed by atoms with Crippen molar-refractivity contribution < 1.29 is 9.53 Å². The fourth-order valence-corrected chi connectivity index (χ4v) is 6.78. The van der Waals surface area contributed by atoms with Crippen molar-refractivity contribution in [2.45, 2.75) is 51.7 Å². The van der Waals surface area contributed by atoms with Crippen LogP contribution < -0.4 is 19.8 Å². The van der Waals surface area contributed by atoms with Crippen LogP contribution in [0, 0.1) is 13.8 Å². The van der Waals surface area contributed by atoms with Gasteiger partial charge in [0.1, 0.15) is 0 Å². The van der Waals surface area contributed by atoms with E-state index in [-0.39, 0.29) is 11.7 Å². The zero-order chi connectivity index (χ0) is 30.3. The largest absolute Gasteiger partial charge is 0.459 e. The predicted molar refractivity (Wildman–Crippen MR) is 173 cm³/mol. The van der Waals surface area contributed by atoms with Gasteiger partial charge in [-0.2, -0.15) is 0 Å². The van der Waals surface area contributed by atoms with Crippen molar-refractivity contribution in [3.8, 4) is 5.69 Å². The number of fused-ring (bicyclic) bond motifs is 1. The molecule has 0 saturated carbocycles. The number of thiazole rings is 1. The lowest BCUT2D eigenvalue weighted by Gasteiger charge is -2.25. The van der Waals surface area contributed by atoms with E-state index in [4.69, 9.17) is 9.73 Å². The van der Waals surface area contributed by atoms with E-state index in [1.807, 2.05) is 71.5 Å². The molecule has 0 spiro atoms. The Kier molecular flexibility index (Phi) is 8.35. The van der Waals surface area contributed by atoms with Crippen molar-refractivity contribution in [2.75, 3.05) is 25.3 Å². The molecule has 218 valence electrons. The van der Waals surface area contributed by atoms with Crippen LogP contribution in [0.25, 0.3) is 11.8 Å². The summed E-state index contributed by atoms with van der Waals surface area (Å²) in [6.07, 6.45) is 3.66. The number of anilines is 1. The Balaban J connectivity index is 1.65. The lowest BCUT2D eigenvalue weighted by molar-refractivity contribution is -0.143. The summed E-state index contributed by atoms with van der Waals surface area (Å²) in [6, 6.07) is 17.9. The highest BCUT2D eigenvalue weighted by molar-refractivity contribution is 7.98. The molecule has 3 heterocycles. The van der Waals surface area contributed by atoms with Crippen molar-refractivity contribution in [1.82, 2.24) is 9.13 Å². The van der Waals surface area contributed by atoms with E-state index in [2.05, 4.69) is 53.6 Å². The van der Waals surface area contributed by atoms with E-state index in [0.717, 1.165) is 38.8 Å². The number of nitrogens with zero attached hydrogens (tertiary/aromatic N) is 4. The highest BCUT2D eigenvalue weighted by Crippen LogP contribution is 2.32. The van der Waals surface area contributed by atoms with E-state index in [9.17, 15) is 9.59 Å². The summed E-state index contributed by atoms with van der Waals surface area (Å²) in [4.78, 5) is 35.9. The lowest BCUT2D eigenvalue weighted by Crippen LogP contribution is -2.40. The first-order valence-electron chi connectivity index (χ1n) is 13.8. The zero-order valence-corrected chi connectivity index (χ0v) is 26.9. The number of hydrogen-bond acceptors (Lipinski definition) is 7. The number of allylic oxidation sites excluding steroid dienone is 1. The number of rotatable bonds is 7. The van der Waals surface area contributed by atoms with Gasteiger partial charge in [0.05, 0.1) is 27.9 Å². The number of carbonyl (C=O) groups excluding carboxylic acids is 1. The first-order valence-corrected chi connectivity index (χ1v) is 15.9. The molecule has 5 rings (SSSR count). The maximum absolute atomic E-state index is 14.1. The van der Waals surface area contributed by atoms with E-state index < -0.39 is 12.0 Å². The van der Waals surface area contributed by atoms with Gasteiger partial charge in [-0.25, -0.2) is 9.79 Å². The lowest BCUT2D eigenvalue weighted by atomic mass is 9.96. The third-order valence-electron chi connectivity index (χ3n) is 7.40. The number of aromatic nitrogens is 2. The molecule has 2 aromatic carbocycles. The molecule has 0 saturated heterocycles. The molecule has 1 unspecified atom stereocenters. The number of ether oxygens (including phenoxy) is 1. The summed E-state index contributed by atoms with van der Waals surface area (Å²) < 4.78 is 10.0. The van der Waals surface area contributed by atoms with Crippen molar-refractivity contribution in [1.29, 1.82) is 0 Å². The van der Waals surface area contributed by atoms with E-state index in [1.54, 1.807) is 16.3 Å². The first-order chi connectivity index (χ1) is 20.0. The number of thioether (sulfide) groups is 1. The van der Waals surface area contributed by atoms with Gasteiger partial charge in [-0.3, -0.25) is 9.36 Å². The van der Waals surface area contributed by atoms with Crippen molar-refractivity contribution in [3.63, 3.8) is 0 Å². The summed E-state index contributed by atoms with van der Waals surface area (Å²) in [7, 11) is 4.05. The summed E-state index contributed by atoms with van der Waals surface area (Å²) >= 11 is 2.98. The maximum atomic E-state index is 14.1. The molecule has 1 atom stereocenters. The molecule has 42 heavy (non-hydrogen) atoms. The Hall–Kier alpha value is -3.82. The number of aryl methyl sites for hydroxylation is 1. The maximum Gasteiger partial charge on any atom is 0.338 e. The highest BCUT2D eigenvalue weighted by atomic mass is 32.2. The van der Waals surface area contributed by atoms with Crippen LogP contribution in [0.15, 0.2) is 80.5 Å². The Labute approximate surface area is 254 Å². The molecule has 0 N–H and O–H groups in total. The molecule has 0 fully saturated rings.